The average molecular weight is 548 g/mol. The summed E-state index contributed by atoms with van der Waals surface area (Å²) in [4.78, 5) is 32.9. The normalized spacial score (nSPS) is 14.7. The summed E-state index contributed by atoms with van der Waals surface area (Å²) >= 11 is 0. The van der Waals surface area contributed by atoms with Crippen LogP contribution in [0.5, 0.6) is 5.75 Å². The molecule has 0 saturated carbocycles. The zero-order valence-corrected chi connectivity index (χ0v) is 23.0. The van der Waals surface area contributed by atoms with Gasteiger partial charge >= 0.3 is 0 Å². The first-order valence-electron chi connectivity index (χ1n) is 14.2. The lowest BCUT2D eigenvalue weighted by atomic mass is 10.0. The fraction of sp³-hybridized carbons (Fsp3) is 0.265. The SMILES string of the molecule is O=C(CCC(=O)c1ccc2c(c1)CCO2)Nc1cc(-c2ccc(CN3CCOCC3)cc2)cc(-c2ccccc2)n1. The van der Waals surface area contributed by atoms with Crippen LogP contribution in [-0.4, -0.2) is 54.5 Å². The van der Waals surface area contributed by atoms with E-state index in [9.17, 15) is 9.59 Å². The van der Waals surface area contributed by atoms with Crippen molar-refractivity contribution in [2.75, 3.05) is 38.2 Å². The lowest BCUT2D eigenvalue weighted by molar-refractivity contribution is -0.116. The van der Waals surface area contributed by atoms with Crippen molar-refractivity contribution in [3.8, 4) is 28.1 Å². The van der Waals surface area contributed by atoms with Gasteiger partial charge in [-0.3, -0.25) is 14.5 Å². The van der Waals surface area contributed by atoms with Gasteiger partial charge in [-0.05, 0) is 52.6 Å². The summed E-state index contributed by atoms with van der Waals surface area (Å²) in [6.07, 6.45) is 1.01. The second-order valence-electron chi connectivity index (χ2n) is 10.5. The number of Topliss-reactive ketones (excluding diaryl/α,β-unsaturated/α-hetero) is 1. The van der Waals surface area contributed by atoms with Crippen LogP contribution in [0.1, 0.15) is 34.3 Å². The Kier molecular flexibility index (Phi) is 8.16. The molecule has 1 amide bonds. The Hall–Kier alpha value is -4.33. The number of nitrogens with one attached hydrogen (secondary N) is 1. The standard InChI is InChI=1S/C34H33N3O4/c38-31(27-10-12-32-28(20-27)14-17-41-32)11-13-34(39)36-33-22-29(21-30(35-33)26-4-2-1-3-5-26)25-8-6-24(7-9-25)23-37-15-18-40-19-16-37/h1-10,12,20-22H,11,13-19,23H2,(H,35,36,39). The van der Waals surface area contributed by atoms with Crippen LogP contribution in [0.3, 0.4) is 0 Å². The number of benzene rings is 3. The number of hydrogen-bond acceptors (Lipinski definition) is 6. The van der Waals surface area contributed by atoms with E-state index in [1.54, 1.807) is 6.07 Å². The van der Waals surface area contributed by atoms with Gasteiger partial charge in [-0.25, -0.2) is 4.98 Å². The summed E-state index contributed by atoms with van der Waals surface area (Å²) in [5.74, 6) is 1.00. The molecular formula is C34H33N3O4. The Bertz CT molecular complexity index is 1530. The van der Waals surface area contributed by atoms with Crippen molar-refractivity contribution in [2.45, 2.75) is 25.8 Å². The third-order valence-corrected chi connectivity index (χ3v) is 7.55. The molecule has 0 bridgehead atoms. The molecule has 6 rings (SSSR count). The molecule has 1 fully saturated rings. The number of carbonyl (C=O) groups excluding carboxylic acids is 2. The topological polar surface area (TPSA) is 80.8 Å². The molecule has 7 heteroatoms. The molecule has 1 N–H and O–H groups in total. The molecule has 2 aliphatic rings. The lowest BCUT2D eigenvalue weighted by Crippen LogP contribution is -2.35. The Balaban J connectivity index is 1.17. The molecule has 7 nitrogen and oxygen atoms in total. The zero-order chi connectivity index (χ0) is 28.0. The van der Waals surface area contributed by atoms with Crippen LogP contribution in [0, 0.1) is 0 Å². The van der Waals surface area contributed by atoms with Gasteiger partial charge in [-0.1, -0.05) is 54.6 Å². The fourth-order valence-corrected chi connectivity index (χ4v) is 5.27. The van der Waals surface area contributed by atoms with Crippen molar-refractivity contribution in [3.05, 3.63) is 102 Å². The van der Waals surface area contributed by atoms with Crippen LogP contribution >= 0.6 is 0 Å². The maximum Gasteiger partial charge on any atom is 0.225 e. The van der Waals surface area contributed by atoms with E-state index in [-0.39, 0.29) is 24.5 Å². The summed E-state index contributed by atoms with van der Waals surface area (Å²) in [7, 11) is 0. The predicted octanol–water partition coefficient (Wildman–Crippen LogP) is 5.78. The Morgan fingerprint density at radius 3 is 2.41 bits per heavy atom. The van der Waals surface area contributed by atoms with Crippen molar-refractivity contribution < 1.29 is 19.1 Å². The van der Waals surface area contributed by atoms with Gasteiger partial charge in [-0.15, -0.1) is 0 Å². The number of nitrogens with zero attached hydrogens (tertiary/aromatic N) is 2. The molecule has 3 aromatic carbocycles. The van der Waals surface area contributed by atoms with Crippen LogP contribution in [0.2, 0.25) is 0 Å². The number of hydrogen-bond donors (Lipinski definition) is 1. The van der Waals surface area contributed by atoms with Crippen molar-refractivity contribution in [3.63, 3.8) is 0 Å². The number of morpholine rings is 1. The van der Waals surface area contributed by atoms with Crippen molar-refractivity contribution >= 4 is 17.5 Å². The molecule has 208 valence electrons. The number of ether oxygens (including phenoxy) is 2. The molecule has 0 aliphatic carbocycles. The highest BCUT2D eigenvalue weighted by atomic mass is 16.5. The third kappa shape index (κ3) is 6.70. The van der Waals surface area contributed by atoms with E-state index < -0.39 is 0 Å². The van der Waals surface area contributed by atoms with Crippen LogP contribution in [-0.2, 0) is 22.5 Å². The second kappa shape index (κ2) is 12.5. The zero-order valence-electron chi connectivity index (χ0n) is 23.0. The van der Waals surface area contributed by atoms with E-state index in [4.69, 9.17) is 14.5 Å². The van der Waals surface area contributed by atoms with Gasteiger partial charge in [0.25, 0.3) is 0 Å². The first kappa shape index (κ1) is 26.9. The predicted molar refractivity (Wildman–Crippen MR) is 159 cm³/mol. The van der Waals surface area contributed by atoms with E-state index in [1.165, 1.54) is 5.56 Å². The molecule has 0 unspecified atom stereocenters. The van der Waals surface area contributed by atoms with Gasteiger partial charge in [0.1, 0.15) is 11.6 Å². The molecule has 1 saturated heterocycles. The van der Waals surface area contributed by atoms with E-state index in [0.717, 1.165) is 73.0 Å². The largest absolute Gasteiger partial charge is 0.493 e. The Morgan fingerprint density at radius 2 is 1.61 bits per heavy atom. The first-order chi connectivity index (χ1) is 20.1. The molecule has 1 aromatic heterocycles. The van der Waals surface area contributed by atoms with Gasteiger partial charge in [0, 0.05) is 50.0 Å². The highest BCUT2D eigenvalue weighted by molar-refractivity contribution is 6.00. The molecule has 0 spiro atoms. The maximum atomic E-state index is 12.9. The summed E-state index contributed by atoms with van der Waals surface area (Å²) in [6, 6.07) is 27.9. The quantitative estimate of drug-likeness (QED) is 0.268. The molecule has 41 heavy (non-hydrogen) atoms. The number of pyridine rings is 1. The number of carbonyl (C=O) groups is 2. The monoisotopic (exact) mass is 547 g/mol. The van der Waals surface area contributed by atoms with Gasteiger partial charge in [-0.2, -0.15) is 0 Å². The van der Waals surface area contributed by atoms with Crippen molar-refractivity contribution in [1.29, 1.82) is 0 Å². The lowest BCUT2D eigenvalue weighted by Gasteiger charge is -2.26. The van der Waals surface area contributed by atoms with E-state index in [2.05, 4.69) is 34.5 Å². The minimum absolute atomic E-state index is 0.0568. The number of aromatic nitrogens is 1. The van der Waals surface area contributed by atoms with E-state index in [0.29, 0.717) is 18.0 Å². The van der Waals surface area contributed by atoms with E-state index >= 15 is 0 Å². The van der Waals surface area contributed by atoms with E-state index in [1.807, 2.05) is 54.6 Å². The second-order valence-corrected chi connectivity index (χ2v) is 10.5. The van der Waals surface area contributed by atoms with Gasteiger partial charge in [0.2, 0.25) is 5.91 Å². The molecule has 2 aliphatic heterocycles. The van der Waals surface area contributed by atoms with Crippen LogP contribution in [0.4, 0.5) is 5.82 Å². The van der Waals surface area contributed by atoms with Crippen molar-refractivity contribution in [1.82, 2.24) is 9.88 Å². The minimum atomic E-state index is -0.243. The van der Waals surface area contributed by atoms with Crippen molar-refractivity contribution in [2.24, 2.45) is 0 Å². The number of ketones is 1. The number of anilines is 1. The molecule has 4 aromatic rings. The highest BCUT2D eigenvalue weighted by Gasteiger charge is 2.17. The summed E-state index contributed by atoms with van der Waals surface area (Å²) < 4.78 is 11.0. The summed E-state index contributed by atoms with van der Waals surface area (Å²) in [5.41, 5.74) is 6.65. The van der Waals surface area contributed by atoms with Gasteiger partial charge in [0.15, 0.2) is 5.78 Å². The molecule has 3 heterocycles. The number of amides is 1. The highest BCUT2D eigenvalue weighted by Crippen LogP contribution is 2.29. The maximum absolute atomic E-state index is 12.9. The minimum Gasteiger partial charge on any atom is -0.493 e. The molecule has 0 radical (unpaired) electrons. The fourth-order valence-electron chi connectivity index (χ4n) is 5.27. The molecule has 0 atom stereocenters. The number of rotatable bonds is 9. The van der Waals surface area contributed by atoms with Crippen LogP contribution in [0.25, 0.3) is 22.4 Å². The van der Waals surface area contributed by atoms with Gasteiger partial charge in [0.05, 0.1) is 25.5 Å². The average Bonchev–Trinajstić information content (AvgIpc) is 3.49. The Labute approximate surface area is 240 Å². The Morgan fingerprint density at radius 1 is 0.805 bits per heavy atom. The first-order valence-corrected chi connectivity index (χ1v) is 14.2. The number of fused-ring (bicyclic) bond motifs is 1. The van der Waals surface area contributed by atoms with Gasteiger partial charge < -0.3 is 14.8 Å². The summed E-state index contributed by atoms with van der Waals surface area (Å²) in [6.45, 7) is 5.00. The molecular weight excluding hydrogens is 514 g/mol. The van der Waals surface area contributed by atoms with Crippen LogP contribution < -0.4 is 10.1 Å². The third-order valence-electron chi connectivity index (χ3n) is 7.55. The van der Waals surface area contributed by atoms with Crippen LogP contribution in [0.15, 0.2) is 84.9 Å². The summed E-state index contributed by atoms with van der Waals surface area (Å²) in [5, 5.41) is 2.94. The smallest absolute Gasteiger partial charge is 0.225 e.